The van der Waals surface area contributed by atoms with E-state index in [1.54, 1.807) is 18.3 Å². The normalized spacial score (nSPS) is 15.9. The zero-order valence-electron chi connectivity index (χ0n) is 17.8. The van der Waals surface area contributed by atoms with E-state index >= 15 is 0 Å². The maximum absolute atomic E-state index is 14.6. The van der Waals surface area contributed by atoms with Gasteiger partial charge in [-0.1, -0.05) is 18.2 Å². The van der Waals surface area contributed by atoms with E-state index in [1.807, 2.05) is 42.0 Å². The van der Waals surface area contributed by atoms with Gasteiger partial charge in [0.25, 0.3) is 0 Å². The third-order valence-electron chi connectivity index (χ3n) is 6.05. The summed E-state index contributed by atoms with van der Waals surface area (Å²) >= 11 is 0. The molecule has 6 nitrogen and oxygen atoms in total. The Morgan fingerprint density at radius 1 is 1.19 bits per heavy atom. The summed E-state index contributed by atoms with van der Waals surface area (Å²) in [6.45, 7) is 4.18. The second-order valence-electron chi connectivity index (χ2n) is 8.06. The number of halogens is 1. The van der Waals surface area contributed by atoms with Gasteiger partial charge in [0, 0.05) is 43.6 Å². The van der Waals surface area contributed by atoms with E-state index in [4.69, 9.17) is 10.7 Å². The predicted molar refractivity (Wildman–Crippen MR) is 124 cm³/mol. The molecule has 32 heavy (non-hydrogen) atoms. The maximum atomic E-state index is 14.6. The number of rotatable bonds is 4. The number of aromatic nitrogens is 3. The van der Waals surface area contributed by atoms with Crippen LogP contribution in [0.25, 0.3) is 33.5 Å². The summed E-state index contributed by atoms with van der Waals surface area (Å²) in [5, 5.41) is 9.39. The van der Waals surface area contributed by atoms with Crippen LogP contribution in [-0.4, -0.2) is 33.7 Å². The number of imidazole rings is 1. The lowest BCUT2D eigenvalue weighted by Gasteiger charge is -2.25. The molecular weight excluding hydrogens is 403 g/mol. The number of anilines is 1. The summed E-state index contributed by atoms with van der Waals surface area (Å²) in [5.74, 6) is 0.334. The van der Waals surface area contributed by atoms with Crippen LogP contribution in [0.4, 0.5) is 10.1 Å². The number of benzene rings is 2. The number of nitrogens with two attached hydrogens (primary N) is 1. The number of fused-ring (bicyclic) bond motifs is 1. The highest BCUT2D eigenvalue weighted by Gasteiger charge is 2.27. The van der Waals surface area contributed by atoms with Crippen LogP contribution < -0.4 is 10.6 Å². The van der Waals surface area contributed by atoms with Crippen LogP contribution in [0.5, 0.6) is 0 Å². The molecule has 2 N–H and O–H groups in total. The quantitative estimate of drug-likeness (QED) is 0.525. The maximum Gasteiger partial charge on any atom is 0.151 e. The Kier molecular flexibility index (Phi) is 5.08. The fraction of sp³-hybridized carbons (Fsp3) is 0.240. The molecule has 1 atom stereocenters. The highest BCUT2D eigenvalue weighted by molar-refractivity contribution is 5.91. The van der Waals surface area contributed by atoms with Crippen LogP contribution in [0.2, 0.25) is 0 Å². The van der Waals surface area contributed by atoms with Crippen LogP contribution in [0.3, 0.4) is 0 Å². The van der Waals surface area contributed by atoms with E-state index in [0.29, 0.717) is 30.0 Å². The van der Waals surface area contributed by atoms with Gasteiger partial charge in [-0.05, 0) is 43.2 Å². The predicted octanol–water partition coefficient (Wildman–Crippen LogP) is 4.33. The Morgan fingerprint density at radius 3 is 2.75 bits per heavy atom. The monoisotopic (exact) mass is 426 g/mol. The molecule has 2 aromatic heterocycles. The number of nitrogens with zero attached hydrogens (tertiary/aromatic N) is 5. The highest BCUT2D eigenvalue weighted by Crippen LogP contribution is 2.41. The van der Waals surface area contributed by atoms with Gasteiger partial charge in [0.1, 0.15) is 11.3 Å². The number of hydrogen-bond donors (Lipinski definition) is 1. The Labute approximate surface area is 185 Å². The van der Waals surface area contributed by atoms with Gasteiger partial charge in [-0.25, -0.2) is 9.37 Å². The lowest BCUT2D eigenvalue weighted by atomic mass is 10.00. The Hall–Kier alpha value is -3.76. The minimum atomic E-state index is -0.341. The fourth-order valence-corrected chi connectivity index (χ4v) is 4.55. The van der Waals surface area contributed by atoms with Crippen molar-refractivity contribution in [2.24, 2.45) is 5.73 Å². The average Bonchev–Trinajstić information content (AvgIpc) is 3.42. The number of aryl methyl sites for hydroxylation is 1. The van der Waals surface area contributed by atoms with Gasteiger partial charge in [-0.2, -0.15) is 5.26 Å². The van der Waals surface area contributed by atoms with Gasteiger partial charge in [0.15, 0.2) is 5.82 Å². The van der Waals surface area contributed by atoms with Crippen LogP contribution in [0, 0.1) is 17.1 Å². The van der Waals surface area contributed by atoms with Crippen LogP contribution in [0.1, 0.15) is 18.9 Å². The largest absolute Gasteiger partial charge is 0.369 e. The first-order chi connectivity index (χ1) is 15.6. The summed E-state index contributed by atoms with van der Waals surface area (Å²) in [6, 6.07) is 14.8. The molecule has 160 valence electrons. The van der Waals surface area contributed by atoms with Gasteiger partial charge in [-0.3, -0.25) is 4.98 Å². The topological polar surface area (TPSA) is 83.8 Å². The number of pyridine rings is 1. The van der Waals surface area contributed by atoms with Crippen molar-refractivity contribution in [1.82, 2.24) is 14.5 Å². The molecule has 4 aromatic rings. The first kappa shape index (κ1) is 20.2. The molecule has 1 fully saturated rings. The molecule has 1 saturated heterocycles. The molecule has 1 aliphatic heterocycles. The van der Waals surface area contributed by atoms with E-state index in [0.717, 1.165) is 40.9 Å². The summed E-state index contributed by atoms with van der Waals surface area (Å²) < 4.78 is 16.6. The molecule has 0 saturated carbocycles. The standard InChI is InChI=1S/C25H23FN6/c1-2-32-22-8-4-7-21(26)23(22)30-25(32)20-14-29-13-19(17-6-3-5-16(11-17)12-27)24(20)31-10-9-18(28)15-31/h3-8,11,13-14,18H,2,9-10,15,28H2,1H3/t18-/m0/s1. The molecule has 0 bridgehead atoms. The second-order valence-corrected chi connectivity index (χ2v) is 8.06. The number of nitriles is 1. The van der Waals surface area contributed by atoms with Gasteiger partial charge in [0.2, 0.25) is 0 Å². The van der Waals surface area contributed by atoms with Crippen molar-refractivity contribution < 1.29 is 4.39 Å². The van der Waals surface area contributed by atoms with Crippen LogP contribution in [0.15, 0.2) is 54.9 Å². The zero-order valence-corrected chi connectivity index (χ0v) is 17.8. The molecule has 7 heteroatoms. The van der Waals surface area contributed by atoms with Gasteiger partial charge >= 0.3 is 0 Å². The third-order valence-corrected chi connectivity index (χ3v) is 6.05. The Bertz CT molecular complexity index is 1350. The van der Waals surface area contributed by atoms with Crippen LogP contribution in [-0.2, 0) is 6.54 Å². The molecule has 0 spiro atoms. The van der Waals surface area contributed by atoms with Crippen LogP contribution >= 0.6 is 0 Å². The van der Waals surface area contributed by atoms with E-state index in [9.17, 15) is 9.65 Å². The lowest BCUT2D eigenvalue weighted by Crippen LogP contribution is -2.27. The molecular formula is C25H23FN6. The minimum Gasteiger partial charge on any atom is -0.369 e. The van der Waals surface area contributed by atoms with Gasteiger partial charge < -0.3 is 15.2 Å². The van der Waals surface area contributed by atoms with Gasteiger partial charge in [0.05, 0.1) is 28.4 Å². The van der Waals surface area contributed by atoms with Crippen molar-refractivity contribution in [2.45, 2.75) is 25.9 Å². The summed E-state index contributed by atoms with van der Waals surface area (Å²) in [5.41, 5.74) is 11.5. The molecule has 0 aliphatic carbocycles. The number of para-hydroxylation sites is 1. The molecule has 0 unspecified atom stereocenters. The summed E-state index contributed by atoms with van der Waals surface area (Å²) in [4.78, 5) is 11.5. The minimum absolute atomic E-state index is 0.0803. The number of hydrogen-bond acceptors (Lipinski definition) is 5. The highest BCUT2D eigenvalue weighted by atomic mass is 19.1. The van der Waals surface area contributed by atoms with Crippen molar-refractivity contribution >= 4 is 16.7 Å². The molecule has 5 rings (SSSR count). The Morgan fingerprint density at radius 2 is 2.00 bits per heavy atom. The van der Waals surface area contributed by atoms with Crippen molar-refractivity contribution in [3.8, 4) is 28.6 Å². The average molecular weight is 426 g/mol. The fourth-order valence-electron chi connectivity index (χ4n) is 4.55. The smallest absolute Gasteiger partial charge is 0.151 e. The summed E-state index contributed by atoms with van der Waals surface area (Å²) in [7, 11) is 0. The first-order valence-electron chi connectivity index (χ1n) is 10.7. The molecule has 1 aliphatic rings. The SMILES string of the molecule is CCn1c(-c2cncc(-c3cccc(C#N)c3)c2N2CC[C@H](N)C2)nc2c(F)cccc21. The second kappa shape index (κ2) is 8.06. The third kappa shape index (κ3) is 3.29. The molecule has 0 radical (unpaired) electrons. The first-order valence-corrected chi connectivity index (χ1v) is 10.7. The molecule has 0 amide bonds. The summed E-state index contributed by atoms with van der Waals surface area (Å²) in [6.07, 6.45) is 4.50. The van der Waals surface area contributed by atoms with E-state index < -0.39 is 0 Å². The molecule has 3 heterocycles. The van der Waals surface area contributed by atoms with Crippen molar-refractivity contribution in [3.05, 3.63) is 66.2 Å². The zero-order chi connectivity index (χ0) is 22.2. The van der Waals surface area contributed by atoms with Gasteiger partial charge in [-0.15, -0.1) is 0 Å². The van der Waals surface area contributed by atoms with Crippen molar-refractivity contribution in [1.29, 1.82) is 5.26 Å². The van der Waals surface area contributed by atoms with E-state index in [1.165, 1.54) is 6.07 Å². The Balaban J connectivity index is 1.79. The van der Waals surface area contributed by atoms with E-state index in [2.05, 4.69) is 16.0 Å². The van der Waals surface area contributed by atoms with E-state index in [-0.39, 0.29) is 11.9 Å². The van der Waals surface area contributed by atoms with Crippen molar-refractivity contribution in [2.75, 3.05) is 18.0 Å². The molecule has 2 aromatic carbocycles. The van der Waals surface area contributed by atoms with Crippen molar-refractivity contribution in [3.63, 3.8) is 0 Å². The lowest BCUT2D eigenvalue weighted by molar-refractivity contribution is 0.637.